The molecule has 0 fully saturated rings. The molecule has 23 heavy (non-hydrogen) atoms. The largest absolute Gasteiger partial charge is 0.497 e. The van der Waals surface area contributed by atoms with Gasteiger partial charge in [0.05, 0.1) is 20.8 Å². The predicted octanol–water partition coefficient (Wildman–Crippen LogP) is 2.57. The highest BCUT2D eigenvalue weighted by molar-refractivity contribution is 5.94. The predicted molar refractivity (Wildman–Crippen MR) is 78.8 cm³/mol. The van der Waals surface area contributed by atoms with Crippen molar-refractivity contribution in [3.63, 3.8) is 0 Å². The first-order chi connectivity index (χ1) is 11.0. The van der Waals surface area contributed by atoms with E-state index in [0.717, 1.165) is 4.57 Å². The molecule has 0 radical (unpaired) electrons. The van der Waals surface area contributed by atoms with Crippen molar-refractivity contribution in [2.75, 3.05) is 21.3 Å². The lowest BCUT2D eigenvalue weighted by atomic mass is 10.1. The van der Waals surface area contributed by atoms with Crippen LogP contribution in [0.1, 0.15) is 22.7 Å². The SMILES string of the molecule is COc1cc(OC)cc(C(=O)N(C)Cc2nccn2C(F)F)c1. The van der Waals surface area contributed by atoms with Gasteiger partial charge in [-0.05, 0) is 12.1 Å². The highest BCUT2D eigenvalue weighted by Gasteiger charge is 2.18. The molecule has 0 aliphatic heterocycles. The number of methoxy groups -OCH3 is 2. The Balaban J connectivity index is 2.21. The molecular weight excluding hydrogens is 308 g/mol. The van der Waals surface area contributed by atoms with E-state index in [4.69, 9.17) is 9.47 Å². The third kappa shape index (κ3) is 3.77. The van der Waals surface area contributed by atoms with Crippen LogP contribution in [0.4, 0.5) is 8.78 Å². The Morgan fingerprint density at radius 3 is 2.39 bits per heavy atom. The van der Waals surface area contributed by atoms with Crippen molar-refractivity contribution in [2.45, 2.75) is 13.1 Å². The molecule has 1 amide bonds. The van der Waals surface area contributed by atoms with Crippen LogP contribution in [0.25, 0.3) is 0 Å². The molecule has 124 valence electrons. The lowest BCUT2D eigenvalue weighted by Gasteiger charge is -2.18. The number of amides is 1. The molecule has 1 heterocycles. The fourth-order valence-corrected chi connectivity index (χ4v) is 2.08. The zero-order valence-corrected chi connectivity index (χ0v) is 13.0. The summed E-state index contributed by atoms with van der Waals surface area (Å²) in [5.74, 6) is 0.682. The van der Waals surface area contributed by atoms with Gasteiger partial charge in [0.15, 0.2) is 0 Å². The molecule has 0 aliphatic carbocycles. The van der Waals surface area contributed by atoms with Crippen molar-refractivity contribution < 1.29 is 23.0 Å². The maximum Gasteiger partial charge on any atom is 0.319 e. The van der Waals surface area contributed by atoms with Crippen molar-refractivity contribution in [3.8, 4) is 11.5 Å². The minimum atomic E-state index is -2.70. The van der Waals surface area contributed by atoms with Crippen LogP contribution in [-0.2, 0) is 6.54 Å². The van der Waals surface area contributed by atoms with Crippen molar-refractivity contribution in [1.82, 2.24) is 14.5 Å². The van der Waals surface area contributed by atoms with Gasteiger partial charge in [-0.2, -0.15) is 8.78 Å². The fraction of sp³-hybridized carbons (Fsp3) is 0.333. The van der Waals surface area contributed by atoms with Gasteiger partial charge < -0.3 is 14.4 Å². The Morgan fingerprint density at radius 2 is 1.87 bits per heavy atom. The first kappa shape index (κ1) is 16.7. The first-order valence-corrected chi connectivity index (χ1v) is 6.74. The van der Waals surface area contributed by atoms with E-state index in [0.29, 0.717) is 17.1 Å². The van der Waals surface area contributed by atoms with Gasteiger partial charge in [0.2, 0.25) is 0 Å². The van der Waals surface area contributed by atoms with Gasteiger partial charge in [-0.25, -0.2) is 4.98 Å². The summed E-state index contributed by atoms with van der Waals surface area (Å²) in [4.78, 5) is 17.6. The standard InChI is InChI=1S/C15H17F2N3O3/c1-19(9-13-18-4-5-20(13)15(16)17)14(21)10-6-11(22-2)8-12(7-10)23-3/h4-8,15H,9H2,1-3H3. The molecule has 0 saturated carbocycles. The van der Waals surface area contributed by atoms with Crippen LogP contribution in [0.15, 0.2) is 30.6 Å². The molecule has 0 unspecified atom stereocenters. The quantitative estimate of drug-likeness (QED) is 0.819. The molecule has 0 aliphatic rings. The summed E-state index contributed by atoms with van der Waals surface area (Å²) in [7, 11) is 4.47. The number of hydrogen-bond acceptors (Lipinski definition) is 4. The second kappa shape index (κ2) is 7.08. The van der Waals surface area contributed by atoms with Crippen molar-refractivity contribution in [2.24, 2.45) is 0 Å². The smallest absolute Gasteiger partial charge is 0.319 e. The van der Waals surface area contributed by atoms with E-state index in [1.807, 2.05) is 0 Å². The Bertz CT molecular complexity index is 666. The number of rotatable bonds is 6. The van der Waals surface area contributed by atoms with Crippen LogP contribution in [0.2, 0.25) is 0 Å². The number of nitrogens with zero attached hydrogens (tertiary/aromatic N) is 3. The molecule has 6 nitrogen and oxygen atoms in total. The van der Waals surface area contributed by atoms with Crippen LogP contribution in [0, 0.1) is 0 Å². The summed E-state index contributed by atoms with van der Waals surface area (Å²) < 4.78 is 36.6. The molecule has 1 aromatic heterocycles. The number of imidazole rings is 1. The van der Waals surface area contributed by atoms with Gasteiger partial charge >= 0.3 is 6.55 Å². The normalized spacial score (nSPS) is 10.7. The molecule has 2 aromatic rings. The number of benzene rings is 1. The Kier molecular flexibility index (Phi) is 5.15. The second-order valence-corrected chi connectivity index (χ2v) is 4.79. The van der Waals surface area contributed by atoms with Gasteiger partial charge in [0.1, 0.15) is 17.3 Å². The van der Waals surface area contributed by atoms with Crippen molar-refractivity contribution >= 4 is 5.91 Å². The lowest BCUT2D eigenvalue weighted by molar-refractivity contribution is 0.0612. The third-order valence-corrected chi connectivity index (χ3v) is 3.28. The summed E-state index contributed by atoms with van der Waals surface area (Å²) in [5, 5.41) is 0. The van der Waals surface area contributed by atoms with Crippen LogP contribution in [0.3, 0.4) is 0 Å². The van der Waals surface area contributed by atoms with E-state index >= 15 is 0 Å². The average Bonchev–Trinajstić information content (AvgIpc) is 3.01. The maximum atomic E-state index is 12.8. The van der Waals surface area contributed by atoms with Gasteiger partial charge in [-0.1, -0.05) is 0 Å². The van der Waals surface area contributed by atoms with Gasteiger partial charge in [-0.15, -0.1) is 0 Å². The highest BCUT2D eigenvalue weighted by atomic mass is 19.3. The fourth-order valence-electron chi connectivity index (χ4n) is 2.08. The van der Waals surface area contributed by atoms with Crippen molar-refractivity contribution in [3.05, 3.63) is 42.0 Å². The second-order valence-electron chi connectivity index (χ2n) is 4.79. The molecule has 1 aromatic carbocycles. The molecule has 0 bridgehead atoms. The van der Waals surface area contributed by atoms with E-state index in [1.165, 1.54) is 38.6 Å². The number of carbonyl (C=O) groups is 1. The van der Waals surface area contributed by atoms with E-state index in [1.54, 1.807) is 18.2 Å². The Labute approximate surface area is 132 Å². The maximum absolute atomic E-state index is 12.8. The highest BCUT2D eigenvalue weighted by Crippen LogP contribution is 2.23. The van der Waals surface area contributed by atoms with E-state index in [9.17, 15) is 13.6 Å². The third-order valence-electron chi connectivity index (χ3n) is 3.28. The van der Waals surface area contributed by atoms with E-state index < -0.39 is 6.55 Å². The van der Waals surface area contributed by atoms with Gasteiger partial charge in [-0.3, -0.25) is 9.36 Å². The number of aromatic nitrogens is 2. The minimum Gasteiger partial charge on any atom is -0.497 e. The first-order valence-electron chi connectivity index (χ1n) is 6.74. The molecule has 0 atom stereocenters. The Morgan fingerprint density at radius 1 is 1.26 bits per heavy atom. The number of carbonyl (C=O) groups excluding carboxylic acids is 1. The monoisotopic (exact) mass is 325 g/mol. The summed E-state index contributed by atoms with van der Waals surface area (Å²) in [5.41, 5.74) is 0.332. The molecular formula is C15H17F2N3O3. The van der Waals surface area contributed by atoms with Crippen LogP contribution >= 0.6 is 0 Å². The van der Waals surface area contributed by atoms with Gasteiger partial charge in [0, 0.05) is 31.1 Å². The average molecular weight is 325 g/mol. The molecule has 0 N–H and O–H groups in total. The number of hydrogen-bond donors (Lipinski definition) is 0. The number of alkyl halides is 2. The lowest BCUT2D eigenvalue weighted by Crippen LogP contribution is -2.28. The van der Waals surface area contributed by atoms with Crippen LogP contribution in [0.5, 0.6) is 11.5 Å². The molecule has 8 heteroatoms. The Hall–Kier alpha value is -2.64. The summed E-state index contributed by atoms with van der Waals surface area (Å²) >= 11 is 0. The number of ether oxygens (including phenoxy) is 2. The summed E-state index contributed by atoms with van der Waals surface area (Å²) in [6, 6.07) is 4.75. The van der Waals surface area contributed by atoms with Crippen LogP contribution in [-0.4, -0.2) is 41.6 Å². The number of halogens is 2. The van der Waals surface area contributed by atoms with Crippen LogP contribution < -0.4 is 9.47 Å². The van der Waals surface area contributed by atoms with Crippen molar-refractivity contribution in [1.29, 1.82) is 0 Å². The minimum absolute atomic E-state index is 0.0459. The topological polar surface area (TPSA) is 56.6 Å². The molecule has 2 rings (SSSR count). The molecule has 0 spiro atoms. The van der Waals surface area contributed by atoms with E-state index in [2.05, 4.69) is 4.98 Å². The summed E-state index contributed by atoms with van der Waals surface area (Å²) in [6.07, 6.45) is 2.45. The molecule has 0 saturated heterocycles. The van der Waals surface area contributed by atoms with Gasteiger partial charge in [0.25, 0.3) is 5.91 Å². The van der Waals surface area contributed by atoms with E-state index in [-0.39, 0.29) is 18.3 Å². The zero-order chi connectivity index (χ0) is 17.0. The zero-order valence-electron chi connectivity index (χ0n) is 13.0. The summed E-state index contributed by atoms with van der Waals surface area (Å²) in [6.45, 7) is -2.75.